The number of benzene rings is 1. The maximum atomic E-state index is 10.8. The van der Waals surface area contributed by atoms with E-state index in [2.05, 4.69) is 31.9 Å². The van der Waals surface area contributed by atoms with E-state index < -0.39 is 5.97 Å². The fourth-order valence-corrected chi connectivity index (χ4v) is 2.40. The summed E-state index contributed by atoms with van der Waals surface area (Å²) in [6, 6.07) is 10.3. The number of anilines is 2. The fraction of sp³-hybridized carbons (Fsp3) is 0.267. The Morgan fingerprint density at radius 2 is 1.52 bits per heavy atom. The minimum atomic E-state index is -1.00. The van der Waals surface area contributed by atoms with Crippen molar-refractivity contribution in [1.82, 2.24) is 9.97 Å². The molecule has 0 atom stereocenters. The van der Waals surface area contributed by atoms with Crippen molar-refractivity contribution in [2.45, 2.75) is 0 Å². The van der Waals surface area contributed by atoms with Gasteiger partial charge in [-0.1, -0.05) is 18.2 Å². The molecule has 0 radical (unpaired) electrons. The minimum Gasteiger partial charge on any atom is -0.478 e. The van der Waals surface area contributed by atoms with Crippen molar-refractivity contribution in [3.05, 3.63) is 48.3 Å². The van der Waals surface area contributed by atoms with Gasteiger partial charge in [-0.05, 0) is 12.1 Å². The molecule has 1 aromatic carbocycles. The second-order valence-corrected chi connectivity index (χ2v) is 4.89. The summed E-state index contributed by atoms with van der Waals surface area (Å²) in [4.78, 5) is 23.5. The molecule has 2 heterocycles. The number of rotatable bonds is 3. The molecule has 0 bridgehead atoms. The molecular formula is C15H16N4O2. The molecule has 0 amide bonds. The number of para-hydroxylation sites is 1. The predicted octanol–water partition coefficient (Wildman–Crippen LogP) is 1.50. The molecule has 0 unspecified atom stereocenters. The Balaban J connectivity index is 1.64. The molecule has 1 aliphatic rings. The topological polar surface area (TPSA) is 69.6 Å². The Bertz CT molecular complexity index is 607. The van der Waals surface area contributed by atoms with Crippen LogP contribution >= 0.6 is 0 Å². The van der Waals surface area contributed by atoms with E-state index in [-0.39, 0.29) is 5.56 Å². The van der Waals surface area contributed by atoms with Gasteiger partial charge in [-0.15, -0.1) is 0 Å². The van der Waals surface area contributed by atoms with Crippen LogP contribution in [0.5, 0.6) is 0 Å². The quantitative estimate of drug-likeness (QED) is 0.921. The number of carboxylic acids is 1. The standard InChI is InChI=1S/C15H16N4O2/c20-14(21)12-10-16-15(17-11-12)19-8-6-18(7-9-19)13-4-2-1-3-5-13/h1-5,10-11H,6-9H2,(H,20,21). The highest BCUT2D eigenvalue weighted by Gasteiger charge is 2.19. The summed E-state index contributed by atoms with van der Waals surface area (Å²) in [6.07, 6.45) is 2.71. The van der Waals surface area contributed by atoms with Gasteiger partial charge in [0, 0.05) is 44.3 Å². The first kappa shape index (κ1) is 13.4. The van der Waals surface area contributed by atoms with Crippen molar-refractivity contribution in [2.24, 2.45) is 0 Å². The number of aromatic nitrogens is 2. The SMILES string of the molecule is O=C(O)c1cnc(N2CCN(c3ccccc3)CC2)nc1. The Morgan fingerprint density at radius 1 is 0.952 bits per heavy atom. The van der Waals surface area contributed by atoms with Crippen LogP contribution in [0.25, 0.3) is 0 Å². The molecule has 108 valence electrons. The normalized spacial score (nSPS) is 15.0. The van der Waals surface area contributed by atoms with E-state index in [1.807, 2.05) is 18.2 Å². The number of carboxylic acid groups (broad SMARTS) is 1. The summed E-state index contributed by atoms with van der Waals surface area (Å²) in [5.74, 6) is -0.414. The molecule has 1 aromatic heterocycles. The molecule has 2 aromatic rings. The van der Waals surface area contributed by atoms with Crippen LogP contribution in [0.15, 0.2) is 42.7 Å². The zero-order chi connectivity index (χ0) is 14.7. The highest BCUT2D eigenvalue weighted by atomic mass is 16.4. The van der Waals surface area contributed by atoms with Gasteiger partial charge in [-0.2, -0.15) is 0 Å². The highest BCUT2D eigenvalue weighted by Crippen LogP contribution is 2.17. The van der Waals surface area contributed by atoms with Gasteiger partial charge in [-0.25, -0.2) is 14.8 Å². The van der Waals surface area contributed by atoms with Crippen molar-refractivity contribution < 1.29 is 9.90 Å². The molecule has 6 nitrogen and oxygen atoms in total. The lowest BCUT2D eigenvalue weighted by Gasteiger charge is -2.36. The van der Waals surface area contributed by atoms with E-state index >= 15 is 0 Å². The number of hydrogen-bond donors (Lipinski definition) is 1. The highest BCUT2D eigenvalue weighted by molar-refractivity contribution is 5.86. The lowest BCUT2D eigenvalue weighted by Crippen LogP contribution is -2.47. The maximum absolute atomic E-state index is 10.8. The number of aromatic carboxylic acids is 1. The predicted molar refractivity (Wildman–Crippen MR) is 79.9 cm³/mol. The summed E-state index contributed by atoms with van der Waals surface area (Å²) in [7, 11) is 0. The third-order valence-corrected chi connectivity index (χ3v) is 3.57. The van der Waals surface area contributed by atoms with Crippen molar-refractivity contribution in [3.8, 4) is 0 Å². The van der Waals surface area contributed by atoms with Gasteiger partial charge in [0.25, 0.3) is 0 Å². The van der Waals surface area contributed by atoms with Crippen molar-refractivity contribution in [3.63, 3.8) is 0 Å². The molecule has 6 heteroatoms. The maximum Gasteiger partial charge on any atom is 0.338 e. The molecule has 0 spiro atoms. The second kappa shape index (κ2) is 5.78. The molecule has 0 aliphatic carbocycles. The fourth-order valence-electron chi connectivity index (χ4n) is 2.40. The molecule has 1 aliphatic heterocycles. The lowest BCUT2D eigenvalue weighted by atomic mass is 10.2. The molecule has 1 saturated heterocycles. The van der Waals surface area contributed by atoms with Crippen LogP contribution in [-0.4, -0.2) is 47.2 Å². The summed E-state index contributed by atoms with van der Waals surface area (Å²) in [6.45, 7) is 3.44. The van der Waals surface area contributed by atoms with Crippen LogP contribution in [0.4, 0.5) is 11.6 Å². The van der Waals surface area contributed by atoms with Gasteiger partial charge in [-0.3, -0.25) is 0 Å². The average Bonchev–Trinajstić information content (AvgIpc) is 2.56. The molecule has 3 rings (SSSR count). The summed E-state index contributed by atoms with van der Waals surface area (Å²) >= 11 is 0. The van der Waals surface area contributed by atoms with Gasteiger partial charge in [0.05, 0.1) is 5.56 Å². The van der Waals surface area contributed by atoms with Crippen molar-refractivity contribution in [2.75, 3.05) is 36.0 Å². The van der Waals surface area contributed by atoms with E-state index in [1.54, 1.807) is 0 Å². The zero-order valence-electron chi connectivity index (χ0n) is 11.5. The number of piperazine rings is 1. The molecular weight excluding hydrogens is 268 g/mol. The lowest BCUT2D eigenvalue weighted by molar-refractivity contribution is 0.0696. The Hall–Kier alpha value is -2.63. The Kier molecular flexibility index (Phi) is 3.68. The van der Waals surface area contributed by atoms with Crippen LogP contribution in [-0.2, 0) is 0 Å². The first-order valence-corrected chi connectivity index (χ1v) is 6.84. The summed E-state index contributed by atoms with van der Waals surface area (Å²) < 4.78 is 0. The molecule has 1 fully saturated rings. The smallest absolute Gasteiger partial charge is 0.338 e. The van der Waals surface area contributed by atoms with Gasteiger partial charge < -0.3 is 14.9 Å². The van der Waals surface area contributed by atoms with Crippen molar-refractivity contribution in [1.29, 1.82) is 0 Å². The van der Waals surface area contributed by atoms with Crippen LogP contribution in [0, 0.1) is 0 Å². The largest absolute Gasteiger partial charge is 0.478 e. The van der Waals surface area contributed by atoms with E-state index in [0.717, 1.165) is 26.2 Å². The Labute approximate surface area is 122 Å². The van der Waals surface area contributed by atoms with Crippen LogP contribution in [0.3, 0.4) is 0 Å². The van der Waals surface area contributed by atoms with Crippen LogP contribution < -0.4 is 9.80 Å². The van der Waals surface area contributed by atoms with Gasteiger partial charge in [0.15, 0.2) is 0 Å². The first-order valence-electron chi connectivity index (χ1n) is 6.84. The minimum absolute atomic E-state index is 0.113. The molecule has 1 N–H and O–H groups in total. The number of carbonyl (C=O) groups is 1. The number of nitrogens with zero attached hydrogens (tertiary/aromatic N) is 4. The zero-order valence-corrected chi connectivity index (χ0v) is 11.5. The van der Waals surface area contributed by atoms with E-state index in [9.17, 15) is 4.79 Å². The van der Waals surface area contributed by atoms with Gasteiger partial charge >= 0.3 is 5.97 Å². The molecule has 0 saturated carbocycles. The summed E-state index contributed by atoms with van der Waals surface area (Å²) in [5.41, 5.74) is 1.33. The third-order valence-electron chi connectivity index (χ3n) is 3.57. The van der Waals surface area contributed by atoms with Crippen LogP contribution in [0.1, 0.15) is 10.4 Å². The van der Waals surface area contributed by atoms with Gasteiger partial charge in [0.1, 0.15) is 0 Å². The van der Waals surface area contributed by atoms with Crippen LogP contribution in [0.2, 0.25) is 0 Å². The van der Waals surface area contributed by atoms with E-state index in [1.165, 1.54) is 18.1 Å². The van der Waals surface area contributed by atoms with E-state index in [4.69, 9.17) is 5.11 Å². The molecule has 21 heavy (non-hydrogen) atoms. The van der Waals surface area contributed by atoms with Crippen molar-refractivity contribution >= 4 is 17.6 Å². The Morgan fingerprint density at radius 3 is 2.10 bits per heavy atom. The number of hydrogen-bond acceptors (Lipinski definition) is 5. The summed E-state index contributed by atoms with van der Waals surface area (Å²) in [5, 5.41) is 8.85. The van der Waals surface area contributed by atoms with E-state index in [0.29, 0.717) is 5.95 Å². The third kappa shape index (κ3) is 2.94. The monoisotopic (exact) mass is 284 g/mol. The second-order valence-electron chi connectivity index (χ2n) is 4.89. The van der Waals surface area contributed by atoms with Gasteiger partial charge in [0.2, 0.25) is 5.95 Å². The average molecular weight is 284 g/mol. The first-order chi connectivity index (χ1) is 10.2.